The Labute approximate surface area is 185 Å². The molecule has 3 N–H and O–H groups in total. The van der Waals surface area contributed by atoms with Gasteiger partial charge in [-0.25, -0.2) is 13.9 Å². The van der Waals surface area contributed by atoms with Crippen LogP contribution in [0.1, 0.15) is 37.0 Å². The van der Waals surface area contributed by atoms with E-state index in [9.17, 15) is 18.0 Å². The van der Waals surface area contributed by atoms with Crippen molar-refractivity contribution in [2.24, 2.45) is 0 Å². The number of nitrogens with one attached hydrogen (secondary N) is 2. The van der Waals surface area contributed by atoms with Gasteiger partial charge in [-0.1, -0.05) is 18.6 Å². The highest BCUT2D eigenvalue weighted by Crippen LogP contribution is 2.47. The van der Waals surface area contributed by atoms with E-state index in [2.05, 4.69) is 5.32 Å². The van der Waals surface area contributed by atoms with Crippen LogP contribution in [-0.4, -0.2) is 44.9 Å². The van der Waals surface area contributed by atoms with Gasteiger partial charge in [0.05, 0.1) is 25.2 Å². The van der Waals surface area contributed by atoms with Crippen molar-refractivity contribution in [3.8, 4) is 10.4 Å². The number of hydrogen-bond donors (Lipinski definition) is 3. The van der Waals surface area contributed by atoms with Gasteiger partial charge in [-0.2, -0.15) is 0 Å². The van der Waals surface area contributed by atoms with E-state index in [1.807, 2.05) is 24.3 Å². The maximum Gasteiger partial charge on any atom is 0.245 e. The third-order valence-corrected chi connectivity index (χ3v) is 9.48. The molecule has 0 aliphatic carbocycles. The first kappa shape index (κ1) is 23.4. The van der Waals surface area contributed by atoms with Crippen LogP contribution in [0.4, 0.5) is 5.69 Å². The highest BCUT2D eigenvalue weighted by Gasteiger charge is 2.49. The number of carbonyl (C=O) groups is 2. The lowest BCUT2D eigenvalue weighted by Gasteiger charge is -2.35. The molecule has 1 aliphatic heterocycles. The highest BCUT2D eigenvalue weighted by atomic mass is 32.2. The number of ether oxygens (including phenoxy) is 1. The van der Waals surface area contributed by atoms with Crippen LogP contribution in [-0.2, 0) is 28.9 Å². The van der Waals surface area contributed by atoms with E-state index in [0.717, 1.165) is 10.4 Å². The van der Waals surface area contributed by atoms with Crippen molar-refractivity contribution < 1.29 is 28.0 Å². The quantitative estimate of drug-likeness (QED) is 0.406. The van der Waals surface area contributed by atoms with E-state index < -0.39 is 20.5 Å². The molecule has 0 unspecified atom stereocenters. The Balaban J connectivity index is 1.91. The van der Waals surface area contributed by atoms with Gasteiger partial charge in [0, 0.05) is 22.6 Å². The molecule has 0 spiro atoms. The van der Waals surface area contributed by atoms with Crippen LogP contribution in [0.25, 0.3) is 10.4 Å². The summed E-state index contributed by atoms with van der Waals surface area (Å²) >= 11 is 1.31. The predicted molar refractivity (Wildman–Crippen MR) is 119 cm³/mol. The monoisotopic (exact) mass is 466 g/mol. The lowest BCUT2D eigenvalue weighted by atomic mass is 9.94. The van der Waals surface area contributed by atoms with Crippen LogP contribution in [0.5, 0.6) is 0 Å². The molecule has 1 saturated heterocycles. The van der Waals surface area contributed by atoms with Crippen molar-refractivity contribution in [1.29, 1.82) is 0 Å². The van der Waals surface area contributed by atoms with Crippen molar-refractivity contribution in [1.82, 2.24) is 5.48 Å². The van der Waals surface area contributed by atoms with Gasteiger partial charge in [-0.05, 0) is 42.7 Å². The fourth-order valence-electron chi connectivity index (χ4n) is 3.82. The lowest BCUT2D eigenvalue weighted by molar-refractivity contribution is -0.130. The summed E-state index contributed by atoms with van der Waals surface area (Å²) in [7, 11) is -2.04. The molecule has 0 bridgehead atoms. The molecular weight excluding hydrogens is 440 g/mol. The number of hydroxylamine groups is 1. The molecule has 1 aliphatic rings. The standard InChI is InChI=1S/C21H26N2O6S2/c1-29-11-9-19(24)22-16-6-4-5-15(13-16)17-7-8-18(30-17)21(14-20(25)23-26)10-2-3-12-31(21,27)28/h4-8,13,26H,2-3,9-12,14H2,1H3,(H,22,24)(H,23,25)/t21-/m0/s1. The molecule has 1 aromatic heterocycles. The minimum Gasteiger partial charge on any atom is -0.384 e. The molecule has 0 saturated carbocycles. The Hall–Kier alpha value is -2.27. The largest absolute Gasteiger partial charge is 0.384 e. The molecule has 1 aromatic carbocycles. The second kappa shape index (κ2) is 9.90. The molecular formula is C21H26N2O6S2. The van der Waals surface area contributed by atoms with Gasteiger partial charge in [0.25, 0.3) is 0 Å². The predicted octanol–water partition coefficient (Wildman–Crippen LogP) is 3.08. The average Bonchev–Trinajstić information content (AvgIpc) is 3.24. The molecule has 2 aromatic rings. The number of hydrogen-bond acceptors (Lipinski definition) is 7. The first-order valence-electron chi connectivity index (χ1n) is 9.96. The Morgan fingerprint density at radius 1 is 1.19 bits per heavy atom. The molecule has 31 heavy (non-hydrogen) atoms. The van der Waals surface area contributed by atoms with Crippen molar-refractivity contribution in [3.63, 3.8) is 0 Å². The van der Waals surface area contributed by atoms with Gasteiger partial charge < -0.3 is 10.1 Å². The van der Waals surface area contributed by atoms with Gasteiger partial charge >= 0.3 is 0 Å². The summed E-state index contributed by atoms with van der Waals surface area (Å²) in [6.07, 6.45) is 1.51. The second-order valence-electron chi connectivity index (χ2n) is 7.52. The first-order chi connectivity index (χ1) is 14.8. The number of rotatable bonds is 8. The van der Waals surface area contributed by atoms with Crippen LogP contribution in [0, 0.1) is 0 Å². The van der Waals surface area contributed by atoms with Gasteiger partial charge in [-0.15, -0.1) is 11.3 Å². The zero-order valence-electron chi connectivity index (χ0n) is 17.2. The van der Waals surface area contributed by atoms with Gasteiger partial charge in [0.15, 0.2) is 9.84 Å². The second-order valence-corrected chi connectivity index (χ2v) is 11.0. The Morgan fingerprint density at radius 3 is 2.71 bits per heavy atom. The number of sulfone groups is 1. The van der Waals surface area contributed by atoms with E-state index >= 15 is 0 Å². The lowest BCUT2D eigenvalue weighted by Crippen LogP contribution is -2.43. The van der Waals surface area contributed by atoms with Gasteiger partial charge in [-0.3, -0.25) is 14.8 Å². The maximum absolute atomic E-state index is 13.1. The molecule has 2 heterocycles. The van der Waals surface area contributed by atoms with E-state index in [-0.39, 0.29) is 24.5 Å². The summed E-state index contributed by atoms with van der Waals surface area (Å²) in [5.74, 6) is -0.864. The molecule has 8 nitrogen and oxygen atoms in total. The summed E-state index contributed by atoms with van der Waals surface area (Å²) < 4.78 is 29.7. The summed E-state index contributed by atoms with van der Waals surface area (Å²) in [6, 6.07) is 10.9. The normalized spacial score (nSPS) is 20.2. The Kier molecular flexibility index (Phi) is 7.47. The van der Waals surface area contributed by atoms with Crippen molar-refractivity contribution in [3.05, 3.63) is 41.3 Å². The van der Waals surface area contributed by atoms with Crippen LogP contribution < -0.4 is 10.8 Å². The topological polar surface area (TPSA) is 122 Å². The number of anilines is 1. The maximum atomic E-state index is 13.1. The zero-order chi connectivity index (χ0) is 22.5. The molecule has 10 heteroatoms. The SMILES string of the molecule is COCCC(=O)Nc1cccc(-c2ccc([C@@]3(CC(=O)NO)CCCCS3(=O)=O)s2)c1. The highest BCUT2D eigenvalue weighted by molar-refractivity contribution is 7.92. The van der Waals surface area contributed by atoms with Crippen molar-refractivity contribution in [2.45, 2.75) is 36.9 Å². The summed E-state index contributed by atoms with van der Waals surface area (Å²) in [6.45, 7) is 0.331. The van der Waals surface area contributed by atoms with E-state index in [1.165, 1.54) is 18.4 Å². The summed E-state index contributed by atoms with van der Waals surface area (Å²) in [5, 5.41) is 11.8. The van der Waals surface area contributed by atoms with Crippen LogP contribution >= 0.6 is 11.3 Å². The third kappa shape index (κ3) is 5.15. The molecule has 3 rings (SSSR count). The molecule has 1 fully saturated rings. The number of methoxy groups -OCH3 is 1. The molecule has 2 amide bonds. The molecule has 168 valence electrons. The Bertz CT molecular complexity index is 1050. The van der Waals surface area contributed by atoms with Crippen LogP contribution in [0.15, 0.2) is 36.4 Å². The van der Waals surface area contributed by atoms with Gasteiger partial charge in [0.2, 0.25) is 11.8 Å². The van der Waals surface area contributed by atoms with Crippen LogP contribution in [0.3, 0.4) is 0 Å². The van der Waals surface area contributed by atoms with Crippen molar-refractivity contribution in [2.75, 3.05) is 24.8 Å². The molecule has 0 radical (unpaired) electrons. The third-order valence-electron chi connectivity index (χ3n) is 5.43. The fraction of sp³-hybridized carbons (Fsp3) is 0.429. The number of thiophene rings is 1. The minimum atomic E-state index is -3.58. The Morgan fingerprint density at radius 2 is 2.00 bits per heavy atom. The minimum absolute atomic E-state index is 0.0158. The fourth-order valence-corrected chi connectivity index (χ4v) is 7.60. The smallest absolute Gasteiger partial charge is 0.245 e. The number of amides is 2. The van der Waals surface area contributed by atoms with Gasteiger partial charge in [0.1, 0.15) is 4.75 Å². The average molecular weight is 467 g/mol. The number of benzene rings is 1. The summed E-state index contributed by atoms with van der Waals surface area (Å²) in [4.78, 5) is 25.3. The van der Waals surface area contributed by atoms with Crippen LogP contribution in [0.2, 0.25) is 0 Å². The molecule has 1 atom stereocenters. The number of carbonyl (C=O) groups excluding carboxylic acids is 2. The first-order valence-corrected chi connectivity index (χ1v) is 12.4. The summed E-state index contributed by atoms with van der Waals surface area (Å²) in [5.41, 5.74) is 3.04. The zero-order valence-corrected chi connectivity index (χ0v) is 18.9. The van der Waals surface area contributed by atoms with E-state index in [1.54, 1.807) is 17.6 Å². The van der Waals surface area contributed by atoms with E-state index in [0.29, 0.717) is 36.4 Å². The van der Waals surface area contributed by atoms with Crippen molar-refractivity contribution >= 4 is 38.7 Å². The van der Waals surface area contributed by atoms with E-state index in [4.69, 9.17) is 9.94 Å².